The van der Waals surface area contributed by atoms with E-state index in [1.165, 1.54) is 5.57 Å². The van der Waals surface area contributed by atoms with Crippen molar-refractivity contribution in [2.75, 3.05) is 6.61 Å². The summed E-state index contributed by atoms with van der Waals surface area (Å²) in [6.07, 6.45) is 3.98. The van der Waals surface area contributed by atoms with Crippen LogP contribution in [0.15, 0.2) is 11.6 Å². The Morgan fingerprint density at radius 3 is 2.50 bits per heavy atom. The predicted octanol–water partition coefficient (Wildman–Crippen LogP) is 3.19. The minimum Gasteiger partial charge on any atom is -0.392 e. The standard InChI is InChI=1S/C26H38O6/c1-14-9-18-17-11-21-26(20(30)13-27,32-22(2,3)31-21)24(17,5)12-19(29)25(18,6)23(4)8-7-15(28)10-16(14)23/h10,14,17-19,21,27,29H,7-9,11-13H2,1-6H3/t14?,17?,18?,19-,21?,23-,24-,25?,26+/m0/s1. The molecule has 0 spiro atoms. The fourth-order valence-electron chi connectivity index (χ4n) is 9.11. The second kappa shape index (κ2) is 6.53. The summed E-state index contributed by atoms with van der Waals surface area (Å²) in [6.45, 7) is 11.7. The average molecular weight is 447 g/mol. The summed E-state index contributed by atoms with van der Waals surface area (Å²) in [7, 11) is 0. The van der Waals surface area contributed by atoms with Crippen LogP contribution in [0.25, 0.3) is 0 Å². The molecule has 1 heterocycles. The van der Waals surface area contributed by atoms with E-state index in [4.69, 9.17) is 9.47 Å². The lowest BCUT2D eigenvalue weighted by Gasteiger charge is -2.67. The topological polar surface area (TPSA) is 93.1 Å². The molecule has 0 bridgehead atoms. The molecule has 3 saturated carbocycles. The third-order valence-corrected chi connectivity index (χ3v) is 10.7. The van der Waals surface area contributed by atoms with Gasteiger partial charge in [0.05, 0.1) is 12.2 Å². The Labute approximate surface area is 190 Å². The largest absolute Gasteiger partial charge is 0.392 e. The van der Waals surface area contributed by atoms with Crippen LogP contribution in [0.1, 0.15) is 73.6 Å². The first-order valence-corrected chi connectivity index (χ1v) is 12.2. The normalized spacial score (nSPS) is 53.7. The molecule has 0 aromatic heterocycles. The number of ether oxygens (including phenoxy) is 2. The summed E-state index contributed by atoms with van der Waals surface area (Å²) >= 11 is 0. The number of aliphatic hydroxyl groups is 2. The second-order valence-electron chi connectivity index (χ2n) is 12.3. The van der Waals surface area contributed by atoms with Gasteiger partial charge in [-0.05, 0) is 68.8 Å². The number of ketones is 2. The predicted molar refractivity (Wildman–Crippen MR) is 118 cm³/mol. The molecule has 0 aromatic rings. The summed E-state index contributed by atoms with van der Waals surface area (Å²) in [5.41, 5.74) is -1.38. The third-order valence-electron chi connectivity index (χ3n) is 10.7. The van der Waals surface area contributed by atoms with Crippen molar-refractivity contribution in [1.29, 1.82) is 0 Å². The van der Waals surface area contributed by atoms with Crippen molar-refractivity contribution in [2.45, 2.75) is 97.2 Å². The van der Waals surface area contributed by atoms with E-state index in [1.54, 1.807) is 0 Å². The van der Waals surface area contributed by atoms with Gasteiger partial charge in [0.1, 0.15) is 6.61 Å². The first-order valence-electron chi connectivity index (χ1n) is 12.2. The molecular weight excluding hydrogens is 408 g/mol. The van der Waals surface area contributed by atoms with Crippen molar-refractivity contribution in [2.24, 2.45) is 34.0 Å². The van der Waals surface area contributed by atoms with Gasteiger partial charge < -0.3 is 19.7 Å². The number of allylic oxidation sites excluding steroid dienone is 1. The molecule has 0 radical (unpaired) electrons. The van der Waals surface area contributed by atoms with Gasteiger partial charge in [-0.15, -0.1) is 0 Å². The molecule has 0 aromatic carbocycles. The molecule has 32 heavy (non-hydrogen) atoms. The van der Waals surface area contributed by atoms with Gasteiger partial charge in [0, 0.05) is 17.3 Å². The van der Waals surface area contributed by atoms with E-state index in [-0.39, 0.29) is 34.7 Å². The third kappa shape index (κ3) is 2.40. The first kappa shape index (κ1) is 22.7. The SMILES string of the molecule is CC1CC2C3CC4OC(C)(C)O[C@@]4(C(=O)CO)[C@@]3(C)C[C@H](O)C2(C)[C@@]2(C)CCC(=O)C=C12. The minimum atomic E-state index is -1.25. The number of aliphatic hydroxyl groups excluding tert-OH is 2. The lowest BCUT2D eigenvalue weighted by molar-refractivity contribution is -0.247. The Bertz CT molecular complexity index is 908. The second-order valence-corrected chi connectivity index (χ2v) is 12.3. The maximum atomic E-state index is 13.3. The molecule has 5 aliphatic rings. The summed E-state index contributed by atoms with van der Waals surface area (Å²) in [5.74, 6) is -0.557. The van der Waals surface area contributed by atoms with Gasteiger partial charge in [0.15, 0.2) is 23.0 Å². The Morgan fingerprint density at radius 2 is 1.84 bits per heavy atom. The van der Waals surface area contributed by atoms with Gasteiger partial charge in [-0.2, -0.15) is 0 Å². The fraction of sp³-hybridized carbons (Fsp3) is 0.846. The molecule has 1 aliphatic heterocycles. The number of carbonyl (C=O) groups is 2. The number of Topliss-reactive ketones (excluding diaryl/α,β-unsaturated/α-hetero) is 1. The number of hydrogen-bond donors (Lipinski definition) is 2. The zero-order valence-corrected chi connectivity index (χ0v) is 20.2. The van der Waals surface area contributed by atoms with Gasteiger partial charge in [0.2, 0.25) is 0 Å². The van der Waals surface area contributed by atoms with Crippen LogP contribution in [-0.2, 0) is 19.1 Å². The molecule has 4 fully saturated rings. The van der Waals surface area contributed by atoms with Crippen molar-refractivity contribution in [1.82, 2.24) is 0 Å². The summed E-state index contributed by atoms with van der Waals surface area (Å²) in [5, 5.41) is 21.8. The van der Waals surface area contributed by atoms with Crippen molar-refractivity contribution >= 4 is 11.6 Å². The van der Waals surface area contributed by atoms with Crippen LogP contribution in [-0.4, -0.2) is 52.0 Å². The van der Waals surface area contributed by atoms with Crippen LogP contribution < -0.4 is 0 Å². The van der Waals surface area contributed by atoms with E-state index in [2.05, 4.69) is 27.7 Å². The van der Waals surface area contributed by atoms with Gasteiger partial charge in [0.25, 0.3) is 0 Å². The molecule has 5 unspecified atom stereocenters. The highest BCUT2D eigenvalue weighted by Gasteiger charge is 2.79. The minimum absolute atomic E-state index is 0.117. The van der Waals surface area contributed by atoms with E-state index in [0.717, 1.165) is 12.8 Å². The first-order chi connectivity index (χ1) is 14.8. The van der Waals surface area contributed by atoms with Gasteiger partial charge >= 0.3 is 0 Å². The summed E-state index contributed by atoms with van der Waals surface area (Å²) in [4.78, 5) is 25.6. The van der Waals surface area contributed by atoms with Crippen LogP contribution in [0.5, 0.6) is 0 Å². The van der Waals surface area contributed by atoms with Crippen LogP contribution in [0.4, 0.5) is 0 Å². The monoisotopic (exact) mass is 446 g/mol. The highest BCUT2D eigenvalue weighted by atomic mass is 16.8. The van der Waals surface area contributed by atoms with E-state index < -0.39 is 41.0 Å². The van der Waals surface area contributed by atoms with E-state index >= 15 is 0 Å². The number of carbonyl (C=O) groups excluding carboxylic acids is 2. The van der Waals surface area contributed by atoms with Crippen molar-refractivity contribution in [3.8, 4) is 0 Å². The van der Waals surface area contributed by atoms with Gasteiger partial charge in [-0.3, -0.25) is 9.59 Å². The maximum Gasteiger partial charge on any atom is 0.193 e. The zero-order chi connectivity index (χ0) is 23.5. The van der Waals surface area contributed by atoms with Crippen molar-refractivity contribution < 1.29 is 29.3 Å². The quantitative estimate of drug-likeness (QED) is 0.677. The van der Waals surface area contributed by atoms with E-state index in [9.17, 15) is 19.8 Å². The Kier molecular flexibility index (Phi) is 4.63. The molecule has 6 heteroatoms. The van der Waals surface area contributed by atoms with E-state index in [1.807, 2.05) is 19.9 Å². The molecule has 6 nitrogen and oxygen atoms in total. The zero-order valence-electron chi connectivity index (χ0n) is 20.2. The highest BCUT2D eigenvalue weighted by molar-refractivity contribution is 5.92. The Hall–Kier alpha value is -1.08. The smallest absolute Gasteiger partial charge is 0.193 e. The molecule has 5 rings (SSSR count). The van der Waals surface area contributed by atoms with Crippen LogP contribution >= 0.6 is 0 Å². The maximum absolute atomic E-state index is 13.3. The van der Waals surface area contributed by atoms with Gasteiger partial charge in [-0.25, -0.2) is 0 Å². The van der Waals surface area contributed by atoms with Crippen molar-refractivity contribution in [3.63, 3.8) is 0 Å². The molecule has 4 aliphatic carbocycles. The van der Waals surface area contributed by atoms with E-state index in [0.29, 0.717) is 19.3 Å². The molecule has 9 atom stereocenters. The molecule has 1 saturated heterocycles. The summed E-state index contributed by atoms with van der Waals surface area (Å²) in [6, 6.07) is 0. The summed E-state index contributed by atoms with van der Waals surface area (Å²) < 4.78 is 12.7. The molecule has 178 valence electrons. The Morgan fingerprint density at radius 1 is 1.16 bits per heavy atom. The average Bonchev–Trinajstić information content (AvgIpc) is 3.11. The highest BCUT2D eigenvalue weighted by Crippen LogP contribution is 2.75. The van der Waals surface area contributed by atoms with Crippen LogP contribution in [0.3, 0.4) is 0 Å². The lowest BCUT2D eigenvalue weighted by atomic mass is 9.37. The number of hydrogen-bond acceptors (Lipinski definition) is 6. The van der Waals surface area contributed by atoms with Crippen LogP contribution in [0.2, 0.25) is 0 Å². The van der Waals surface area contributed by atoms with Gasteiger partial charge in [-0.1, -0.05) is 33.3 Å². The molecule has 0 amide bonds. The molecule has 2 N–H and O–H groups in total. The Balaban J connectivity index is 1.65. The van der Waals surface area contributed by atoms with Crippen molar-refractivity contribution in [3.05, 3.63) is 11.6 Å². The number of fused-ring (bicyclic) bond motifs is 7. The lowest BCUT2D eigenvalue weighted by Crippen LogP contribution is -2.68. The molecular formula is C26H38O6. The fourth-order valence-corrected chi connectivity index (χ4v) is 9.11. The number of rotatable bonds is 2. The van der Waals surface area contributed by atoms with Crippen LogP contribution in [0, 0.1) is 34.0 Å².